The minimum atomic E-state index is -4.66. The second kappa shape index (κ2) is 15.1. The molecule has 0 aromatic heterocycles. The van der Waals surface area contributed by atoms with Crippen molar-refractivity contribution in [1.29, 1.82) is 0 Å². The molecule has 0 bridgehead atoms. The van der Waals surface area contributed by atoms with Gasteiger partial charge in [0.25, 0.3) is 0 Å². The number of hydrogen-bond donors (Lipinski definition) is 0. The number of rotatable bonds is 12. The third-order valence-corrected chi connectivity index (χ3v) is 8.62. The van der Waals surface area contributed by atoms with Crippen molar-refractivity contribution in [1.82, 2.24) is 0 Å². The molecule has 11 heteroatoms. The first-order chi connectivity index (χ1) is 22.9. The lowest BCUT2D eigenvalue weighted by atomic mass is 9.82. The van der Waals surface area contributed by atoms with E-state index >= 15 is 22.0 Å². The molecule has 0 saturated heterocycles. The Morgan fingerprint density at radius 1 is 0.625 bits per heavy atom. The number of alkyl halides is 2. The van der Waals surface area contributed by atoms with Crippen LogP contribution in [0.2, 0.25) is 0 Å². The van der Waals surface area contributed by atoms with E-state index in [1.807, 2.05) is 0 Å². The highest BCUT2D eigenvalue weighted by Gasteiger charge is 2.41. The minimum Gasteiger partial charge on any atom is -0.429 e. The normalized spacial score (nSPS) is 16.7. The van der Waals surface area contributed by atoms with Gasteiger partial charge in [-0.1, -0.05) is 38.3 Å². The Morgan fingerprint density at radius 3 is 1.75 bits per heavy atom. The second-order valence-corrected chi connectivity index (χ2v) is 12.0. The SMILES string of the molecule is CCCCCCOC1CCC(c2ccc(-c3cc(F)c(C(F)(F)Oc4ccc(-c5cc(F)c(F)c(F)c5)c(F)c4)c(F)c3)c(F)c2)CC1. The lowest BCUT2D eigenvalue weighted by Crippen LogP contribution is -2.25. The van der Waals surface area contributed by atoms with Crippen LogP contribution >= 0.6 is 0 Å². The zero-order valence-corrected chi connectivity index (χ0v) is 26.0. The van der Waals surface area contributed by atoms with Crippen molar-refractivity contribution < 1.29 is 49.0 Å². The molecule has 256 valence electrons. The fraction of sp³-hybridized carbons (Fsp3) is 0.351. The predicted octanol–water partition coefficient (Wildman–Crippen LogP) is 11.7. The van der Waals surface area contributed by atoms with Gasteiger partial charge in [-0.25, -0.2) is 30.7 Å². The second-order valence-electron chi connectivity index (χ2n) is 12.0. The molecular formula is C37H33F9O2. The molecule has 0 N–H and O–H groups in total. The molecular weight excluding hydrogens is 647 g/mol. The molecule has 1 fully saturated rings. The zero-order chi connectivity index (χ0) is 34.6. The van der Waals surface area contributed by atoms with Crippen LogP contribution < -0.4 is 4.74 Å². The Labute approximate surface area is 272 Å². The maximum Gasteiger partial charge on any atom is 0.432 e. The van der Waals surface area contributed by atoms with Crippen LogP contribution in [0.1, 0.15) is 75.3 Å². The van der Waals surface area contributed by atoms with Crippen molar-refractivity contribution in [2.24, 2.45) is 0 Å². The van der Waals surface area contributed by atoms with Crippen molar-refractivity contribution >= 4 is 0 Å². The smallest absolute Gasteiger partial charge is 0.429 e. The molecule has 0 amide bonds. The van der Waals surface area contributed by atoms with Crippen LogP contribution in [-0.4, -0.2) is 12.7 Å². The van der Waals surface area contributed by atoms with Crippen LogP contribution in [0.25, 0.3) is 22.3 Å². The summed E-state index contributed by atoms with van der Waals surface area (Å²) in [6.07, 6.45) is 3.25. The van der Waals surface area contributed by atoms with Gasteiger partial charge < -0.3 is 9.47 Å². The van der Waals surface area contributed by atoms with E-state index in [2.05, 4.69) is 11.7 Å². The number of halogens is 9. The van der Waals surface area contributed by atoms with Gasteiger partial charge in [0.2, 0.25) is 0 Å². The van der Waals surface area contributed by atoms with Crippen molar-refractivity contribution in [3.05, 3.63) is 113 Å². The topological polar surface area (TPSA) is 18.5 Å². The Morgan fingerprint density at radius 2 is 1.19 bits per heavy atom. The van der Waals surface area contributed by atoms with Gasteiger partial charge in [0.1, 0.15) is 34.6 Å². The summed E-state index contributed by atoms with van der Waals surface area (Å²) in [5.41, 5.74) is -2.48. The largest absolute Gasteiger partial charge is 0.432 e. The lowest BCUT2D eigenvalue weighted by molar-refractivity contribution is -0.189. The first kappa shape index (κ1) is 35.3. The summed E-state index contributed by atoms with van der Waals surface area (Å²) in [6.45, 7) is 2.87. The van der Waals surface area contributed by atoms with Gasteiger partial charge in [-0.3, -0.25) is 0 Å². The predicted molar refractivity (Wildman–Crippen MR) is 163 cm³/mol. The molecule has 1 saturated carbocycles. The first-order valence-electron chi connectivity index (χ1n) is 15.8. The molecule has 0 atom stereocenters. The highest BCUT2D eigenvalue weighted by Crippen LogP contribution is 2.40. The molecule has 0 spiro atoms. The van der Waals surface area contributed by atoms with Crippen LogP contribution in [0.5, 0.6) is 5.75 Å². The van der Waals surface area contributed by atoms with Gasteiger partial charge in [-0.2, -0.15) is 8.78 Å². The molecule has 0 radical (unpaired) electrons. The summed E-state index contributed by atoms with van der Waals surface area (Å²) in [5.74, 6) is -11.3. The van der Waals surface area contributed by atoms with Gasteiger partial charge in [-0.05, 0) is 97.2 Å². The van der Waals surface area contributed by atoms with Gasteiger partial charge in [0.15, 0.2) is 17.5 Å². The number of benzene rings is 4. The van der Waals surface area contributed by atoms with Crippen LogP contribution in [0, 0.1) is 40.7 Å². The van der Waals surface area contributed by atoms with E-state index in [-0.39, 0.29) is 23.1 Å². The zero-order valence-electron chi connectivity index (χ0n) is 26.0. The van der Waals surface area contributed by atoms with E-state index in [9.17, 15) is 17.6 Å². The maximum absolute atomic E-state index is 15.2. The number of unbranched alkanes of at least 4 members (excludes halogenated alkanes) is 3. The third kappa shape index (κ3) is 7.99. The van der Waals surface area contributed by atoms with Crippen LogP contribution in [0.15, 0.2) is 60.7 Å². The molecule has 48 heavy (non-hydrogen) atoms. The number of hydrogen-bond acceptors (Lipinski definition) is 2. The molecule has 1 aliphatic carbocycles. The molecule has 0 unspecified atom stereocenters. The fourth-order valence-corrected chi connectivity index (χ4v) is 6.07. The Bertz CT molecular complexity index is 1700. The summed E-state index contributed by atoms with van der Waals surface area (Å²) < 4.78 is 141. The van der Waals surface area contributed by atoms with Gasteiger partial charge >= 0.3 is 6.11 Å². The fourth-order valence-electron chi connectivity index (χ4n) is 6.07. The summed E-state index contributed by atoms with van der Waals surface area (Å²) in [4.78, 5) is 0. The third-order valence-electron chi connectivity index (χ3n) is 8.62. The van der Waals surface area contributed by atoms with E-state index in [1.165, 1.54) is 18.6 Å². The monoisotopic (exact) mass is 680 g/mol. The van der Waals surface area contributed by atoms with E-state index < -0.39 is 69.3 Å². The summed E-state index contributed by atoms with van der Waals surface area (Å²) >= 11 is 0. The van der Waals surface area contributed by atoms with Crippen molar-refractivity contribution in [3.63, 3.8) is 0 Å². The van der Waals surface area contributed by atoms with E-state index in [0.29, 0.717) is 30.3 Å². The molecule has 4 aromatic carbocycles. The Hall–Kier alpha value is -3.99. The molecule has 4 aromatic rings. The highest BCUT2D eigenvalue weighted by molar-refractivity contribution is 5.66. The van der Waals surface area contributed by atoms with Crippen molar-refractivity contribution in [3.8, 4) is 28.0 Å². The molecule has 5 rings (SSSR count). The highest BCUT2D eigenvalue weighted by atomic mass is 19.3. The van der Waals surface area contributed by atoms with Crippen molar-refractivity contribution in [2.45, 2.75) is 76.4 Å². The average molecular weight is 681 g/mol. The average Bonchev–Trinajstić information content (AvgIpc) is 3.03. The summed E-state index contributed by atoms with van der Waals surface area (Å²) in [7, 11) is 0. The van der Waals surface area contributed by atoms with E-state index in [0.717, 1.165) is 69.2 Å². The van der Waals surface area contributed by atoms with Gasteiger partial charge in [-0.15, -0.1) is 0 Å². The summed E-state index contributed by atoms with van der Waals surface area (Å²) in [6, 6.07) is 8.44. The Kier molecular flexibility index (Phi) is 11.1. The lowest BCUT2D eigenvalue weighted by Gasteiger charge is -2.29. The summed E-state index contributed by atoms with van der Waals surface area (Å²) in [5, 5.41) is 0. The Balaban J connectivity index is 1.27. The van der Waals surface area contributed by atoms with E-state index in [1.54, 1.807) is 6.07 Å². The maximum atomic E-state index is 15.2. The van der Waals surface area contributed by atoms with E-state index in [4.69, 9.17) is 4.74 Å². The standard InChI is InChI=1S/C37H33F9O2/c1-2-3-4-5-14-47-25-9-6-21(7-10-25)22-8-12-27(29(38)15-22)23-16-31(40)35(32(41)17-23)37(45,46)48-26-11-13-28(30(39)20-26)24-18-33(42)36(44)34(43)19-24/h8,11-13,15-21,25H,2-7,9-10,14H2,1H3. The van der Waals surface area contributed by atoms with Gasteiger partial charge in [0, 0.05) is 23.8 Å². The number of ether oxygens (including phenoxy) is 2. The van der Waals surface area contributed by atoms with Crippen LogP contribution in [-0.2, 0) is 10.8 Å². The quantitative estimate of drug-likeness (QED) is 0.0842. The van der Waals surface area contributed by atoms with Gasteiger partial charge in [0.05, 0.1) is 6.10 Å². The first-order valence-corrected chi connectivity index (χ1v) is 15.8. The van der Waals surface area contributed by atoms with Crippen LogP contribution in [0.3, 0.4) is 0 Å². The molecule has 2 nitrogen and oxygen atoms in total. The van der Waals surface area contributed by atoms with Crippen LogP contribution in [0.4, 0.5) is 39.5 Å². The minimum absolute atomic E-state index is 0.0807. The van der Waals surface area contributed by atoms with Crippen molar-refractivity contribution in [2.75, 3.05) is 6.61 Å². The molecule has 0 aliphatic heterocycles. The molecule has 0 heterocycles. The molecule has 1 aliphatic rings.